The van der Waals surface area contributed by atoms with Crippen LogP contribution in [0.1, 0.15) is 18.4 Å². The fourth-order valence-corrected chi connectivity index (χ4v) is 3.62. The number of rotatable bonds is 8. The highest BCUT2D eigenvalue weighted by Crippen LogP contribution is 2.20. The van der Waals surface area contributed by atoms with Gasteiger partial charge in [-0.15, -0.1) is 0 Å². The standard InChI is InChI=1S/C21H22FN3O2S/c1-25(2)16-9-10-19-18(13-16)20(27)24-21(23-19)28-11-3-4-17(26)12-14-5-7-15(22)8-6-14/h5-10,13H,3-4,11-12H2,1-2H3,(H,23,24,27). The molecule has 7 heteroatoms. The van der Waals surface area contributed by atoms with E-state index < -0.39 is 0 Å². The van der Waals surface area contributed by atoms with Crippen molar-refractivity contribution in [2.75, 3.05) is 24.7 Å². The lowest BCUT2D eigenvalue weighted by Crippen LogP contribution is -2.12. The molecule has 0 unspecified atom stereocenters. The number of hydrogen-bond acceptors (Lipinski definition) is 5. The third-order valence-electron chi connectivity index (χ3n) is 4.34. The van der Waals surface area contributed by atoms with Gasteiger partial charge < -0.3 is 9.88 Å². The third kappa shape index (κ3) is 5.19. The van der Waals surface area contributed by atoms with Gasteiger partial charge in [-0.2, -0.15) is 0 Å². The Bertz CT molecular complexity index is 1030. The largest absolute Gasteiger partial charge is 0.378 e. The Kier molecular flexibility index (Phi) is 6.46. The van der Waals surface area contributed by atoms with Crippen LogP contribution in [0.5, 0.6) is 0 Å². The molecule has 0 aliphatic heterocycles. The molecule has 5 nitrogen and oxygen atoms in total. The van der Waals surface area contributed by atoms with Gasteiger partial charge >= 0.3 is 0 Å². The van der Waals surface area contributed by atoms with Crippen LogP contribution in [0.4, 0.5) is 10.1 Å². The van der Waals surface area contributed by atoms with E-state index in [1.165, 1.54) is 23.9 Å². The smallest absolute Gasteiger partial charge is 0.259 e. The maximum Gasteiger partial charge on any atom is 0.259 e. The fourth-order valence-electron chi connectivity index (χ4n) is 2.81. The van der Waals surface area contributed by atoms with Gasteiger partial charge in [0.25, 0.3) is 5.56 Å². The number of carbonyl (C=O) groups excluding carboxylic acids is 1. The molecule has 1 aromatic heterocycles. The zero-order valence-electron chi connectivity index (χ0n) is 15.9. The molecule has 0 amide bonds. The van der Waals surface area contributed by atoms with Crippen molar-refractivity contribution in [2.24, 2.45) is 0 Å². The first-order chi connectivity index (χ1) is 13.4. The molecule has 146 valence electrons. The van der Waals surface area contributed by atoms with Crippen molar-refractivity contribution in [1.29, 1.82) is 0 Å². The van der Waals surface area contributed by atoms with Crippen LogP contribution in [-0.4, -0.2) is 35.6 Å². The lowest BCUT2D eigenvalue weighted by molar-refractivity contribution is -0.118. The summed E-state index contributed by atoms with van der Waals surface area (Å²) in [5.41, 5.74) is 2.25. The van der Waals surface area contributed by atoms with E-state index in [2.05, 4.69) is 9.97 Å². The number of benzene rings is 2. The minimum Gasteiger partial charge on any atom is -0.378 e. The SMILES string of the molecule is CN(C)c1ccc2nc(SCCCC(=O)Cc3ccc(F)cc3)[nH]c(=O)c2c1. The molecule has 28 heavy (non-hydrogen) atoms. The molecular formula is C21H22FN3O2S. The first kappa shape index (κ1) is 20.1. The number of Topliss-reactive ketones (excluding diaryl/α,β-unsaturated/α-hetero) is 1. The average Bonchev–Trinajstić information content (AvgIpc) is 2.67. The van der Waals surface area contributed by atoms with E-state index in [9.17, 15) is 14.0 Å². The Morgan fingerprint density at radius 1 is 1.18 bits per heavy atom. The van der Waals surface area contributed by atoms with E-state index in [1.807, 2.05) is 37.2 Å². The maximum atomic E-state index is 12.9. The molecule has 2 aromatic carbocycles. The fraction of sp³-hybridized carbons (Fsp3) is 0.286. The number of halogens is 1. The highest BCUT2D eigenvalue weighted by atomic mass is 32.2. The third-order valence-corrected chi connectivity index (χ3v) is 5.30. The number of hydrogen-bond donors (Lipinski definition) is 1. The molecule has 0 fully saturated rings. The van der Waals surface area contributed by atoms with Crippen LogP contribution >= 0.6 is 11.8 Å². The molecular weight excluding hydrogens is 377 g/mol. The number of anilines is 1. The summed E-state index contributed by atoms with van der Waals surface area (Å²) in [5.74, 6) is 0.491. The van der Waals surface area contributed by atoms with Gasteiger partial charge in [-0.1, -0.05) is 23.9 Å². The Balaban J connectivity index is 1.53. The summed E-state index contributed by atoms with van der Waals surface area (Å²) >= 11 is 1.43. The molecule has 1 N–H and O–H groups in total. The highest BCUT2D eigenvalue weighted by Gasteiger charge is 2.08. The monoisotopic (exact) mass is 399 g/mol. The van der Waals surface area contributed by atoms with Gasteiger partial charge in [0.05, 0.1) is 10.9 Å². The Morgan fingerprint density at radius 3 is 2.64 bits per heavy atom. The van der Waals surface area contributed by atoms with E-state index in [0.717, 1.165) is 11.3 Å². The second-order valence-corrected chi connectivity index (χ2v) is 7.84. The van der Waals surface area contributed by atoms with Crippen molar-refractivity contribution in [1.82, 2.24) is 9.97 Å². The quantitative estimate of drug-likeness (QED) is 0.354. The first-order valence-electron chi connectivity index (χ1n) is 9.03. The van der Waals surface area contributed by atoms with Gasteiger partial charge in [-0.05, 0) is 42.3 Å². The van der Waals surface area contributed by atoms with Crippen LogP contribution in [0.15, 0.2) is 52.4 Å². The van der Waals surface area contributed by atoms with Crippen molar-refractivity contribution in [3.8, 4) is 0 Å². The second-order valence-electron chi connectivity index (χ2n) is 6.76. The second kappa shape index (κ2) is 9.01. The number of nitrogens with one attached hydrogen (secondary N) is 1. The van der Waals surface area contributed by atoms with Crippen LogP contribution < -0.4 is 10.5 Å². The number of aromatic nitrogens is 2. The summed E-state index contributed by atoms with van der Waals surface area (Å²) in [6.45, 7) is 0. The van der Waals surface area contributed by atoms with Crippen molar-refractivity contribution in [3.63, 3.8) is 0 Å². The number of ketones is 1. The predicted molar refractivity (Wildman–Crippen MR) is 112 cm³/mol. The number of nitrogens with zero attached hydrogens (tertiary/aromatic N) is 2. The summed E-state index contributed by atoms with van der Waals surface area (Å²) < 4.78 is 12.9. The molecule has 0 aliphatic rings. The van der Waals surface area contributed by atoms with Crippen molar-refractivity contribution in [2.45, 2.75) is 24.4 Å². The maximum absolute atomic E-state index is 12.9. The molecule has 0 bridgehead atoms. The van der Waals surface area contributed by atoms with Gasteiger partial charge in [-0.3, -0.25) is 9.59 Å². The Morgan fingerprint density at radius 2 is 1.93 bits per heavy atom. The lowest BCUT2D eigenvalue weighted by Gasteiger charge is -2.12. The van der Waals surface area contributed by atoms with Crippen LogP contribution in [0, 0.1) is 5.82 Å². The Hall–Kier alpha value is -2.67. The van der Waals surface area contributed by atoms with Crippen molar-refractivity contribution in [3.05, 3.63) is 64.2 Å². The van der Waals surface area contributed by atoms with Gasteiger partial charge in [-0.25, -0.2) is 9.37 Å². The minimum atomic E-state index is -0.303. The number of carbonyl (C=O) groups is 1. The number of thioether (sulfide) groups is 1. The average molecular weight is 399 g/mol. The summed E-state index contributed by atoms with van der Waals surface area (Å²) in [5, 5.41) is 1.12. The van der Waals surface area contributed by atoms with Crippen LogP contribution in [0.3, 0.4) is 0 Å². The van der Waals surface area contributed by atoms with Gasteiger partial charge in [0.15, 0.2) is 5.16 Å². The molecule has 0 saturated carbocycles. The van der Waals surface area contributed by atoms with Crippen LogP contribution in [-0.2, 0) is 11.2 Å². The molecule has 1 heterocycles. The summed E-state index contributed by atoms with van der Waals surface area (Å²) in [6.07, 6.45) is 1.44. The zero-order valence-corrected chi connectivity index (χ0v) is 16.7. The van der Waals surface area contributed by atoms with Crippen LogP contribution in [0.25, 0.3) is 10.9 Å². The van der Waals surface area contributed by atoms with Crippen molar-refractivity contribution < 1.29 is 9.18 Å². The van der Waals surface area contributed by atoms with E-state index in [-0.39, 0.29) is 17.2 Å². The molecule has 0 saturated heterocycles. The predicted octanol–water partition coefficient (Wildman–Crippen LogP) is 3.81. The lowest BCUT2D eigenvalue weighted by atomic mass is 10.1. The van der Waals surface area contributed by atoms with Crippen molar-refractivity contribution >= 4 is 34.1 Å². The minimum absolute atomic E-state index is 0.114. The molecule has 0 spiro atoms. The molecule has 3 rings (SSSR count). The normalized spacial score (nSPS) is 11.0. The molecule has 0 radical (unpaired) electrons. The number of fused-ring (bicyclic) bond motifs is 1. The van der Waals surface area contributed by atoms with Crippen LogP contribution in [0.2, 0.25) is 0 Å². The van der Waals surface area contributed by atoms with Gasteiger partial charge in [0.2, 0.25) is 0 Å². The topological polar surface area (TPSA) is 66.1 Å². The summed E-state index contributed by atoms with van der Waals surface area (Å²) in [4.78, 5) is 33.6. The van der Waals surface area contributed by atoms with E-state index in [1.54, 1.807) is 12.1 Å². The molecule has 0 atom stereocenters. The summed E-state index contributed by atoms with van der Waals surface area (Å²) in [7, 11) is 3.84. The molecule has 0 aliphatic carbocycles. The van der Waals surface area contributed by atoms with E-state index in [4.69, 9.17) is 0 Å². The van der Waals surface area contributed by atoms with E-state index >= 15 is 0 Å². The summed E-state index contributed by atoms with van der Waals surface area (Å²) in [6, 6.07) is 11.6. The number of H-pyrrole nitrogens is 1. The van der Waals surface area contributed by atoms with E-state index in [0.29, 0.717) is 41.1 Å². The highest BCUT2D eigenvalue weighted by molar-refractivity contribution is 7.99. The van der Waals surface area contributed by atoms with Gasteiger partial charge in [0, 0.05) is 38.4 Å². The number of aromatic amines is 1. The first-order valence-corrected chi connectivity index (χ1v) is 10.0. The Labute approximate surface area is 167 Å². The van der Waals surface area contributed by atoms with Gasteiger partial charge in [0.1, 0.15) is 11.6 Å². The zero-order chi connectivity index (χ0) is 20.1. The molecule has 3 aromatic rings.